The highest BCUT2D eigenvalue weighted by Gasteiger charge is 2.52. The Bertz CT molecular complexity index is 677. The summed E-state index contributed by atoms with van der Waals surface area (Å²) in [5.74, 6) is 0.259. The number of fused-ring (bicyclic) bond motifs is 2. The first kappa shape index (κ1) is 16.6. The van der Waals surface area contributed by atoms with Gasteiger partial charge >= 0.3 is 5.97 Å². The number of ether oxygens (including phenoxy) is 1. The molecular formula is C19H27N3O3. The standard InChI is InChI=1S/C19H27N3O3/c1-11-15(10-20-22(11)14-5-3-4-6-14)18(23)21-17-13-8-7-12(9-13)16(17)19(24)25-2/h10,12-14,16-17H,3-9H2,1-2H3,(H,21,23)/t12-,13-,16+,17-/m0/s1. The van der Waals surface area contributed by atoms with Crippen LogP contribution < -0.4 is 5.32 Å². The molecule has 0 aromatic carbocycles. The predicted molar refractivity (Wildman–Crippen MR) is 92.1 cm³/mol. The number of nitrogens with one attached hydrogen (secondary N) is 1. The minimum absolute atomic E-state index is 0.104. The third-order valence-corrected chi connectivity index (χ3v) is 6.65. The fraction of sp³-hybridized carbons (Fsp3) is 0.737. The third kappa shape index (κ3) is 2.75. The first-order chi connectivity index (χ1) is 12.1. The summed E-state index contributed by atoms with van der Waals surface area (Å²) >= 11 is 0. The molecule has 1 aromatic heterocycles. The van der Waals surface area contributed by atoms with Crippen molar-refractivity contribution >= 4 is 11.9 Å². The monoisotopic (exact) mass is 345 g/mol. The zero-order valence-electron chi connectivity index (χ0n) is 15.0. The van der Waals surface area contributed by atoms with E-state index in [1.807, 2.05) is 11.6 Å². The zero-order chi connectivity index (χ0) is 17.6. The Hall–Kier alpha value is -1.85. The first-order valence-corrected chi connectivity index (χ1v) is 9.53. The van der Waals surface area contributed by atoms with Crippen molar-refractivity contribution < 1.29 is 14.3 Å². The number of amides is 1. The van der Waals surface area contributed by atoms with Crippen LogP contribution in [0.15, 0.2) is 6.20 Å². The molecule has 25 heavy (non-hydrogen) atoms. The lowest BCUT2D eigenvalue weighted by Crippen LogP contribution is -2.47. The van der Waals surface area contributed by atoms with Crippen molar-refractivity contribution in [2.75, 3.05) is 7.11 Å². The van der Waals surface area contributed by atoms with E-state index in [1.165, 1.54) is 20.0 Å². The van der Waals surface area contributed by atoms with Crippen LogP contribution >= 0.6 is 0 Å². The van der Waals surface area contributed by atoms with Gasteiger partial charge in [-0.1, -0.05) is 12.8 Å². The molecule has 3 saturated carbocycles. The van der Waals surface area contributed by atoms with E-state index in [2.05, 4.69) is 10.4 Å². The zero-order valence-corrected chi connectivity index (χ0v) is 15.0. The summed E-state index contributed by atoms with van der Waals surface area (Å²) in [5.41, 5.74) is 1.57. The lowest BCUT2D eigenvalue weighted by atomic mass is 9.84. The fourth-order valence-corrected chi connectivity index (χ4v) is 5.37. The van der Waals surface area contributed by atoms with Crippen LogP contribution in [-0.4, -0.2) is 34.8 Å². The Morgan fingerprint density at radius 1 is 1.20 bits per heavy atom. The van der Waals surface area contributed by atoms with Crippen molar-refractivity contribution in [3.63, 3.8) is 0 Å². The van der Waals surface area contributed by atoms with E-state index in [0.717, 1.165) is 37.8 Å². The van der Waals surface area contributed by atoms with E-state index in [4.69, 9.17) is 4.74 Å². The average molecular weight is 345 g/mol. The van der Waals surface area contributed by atoms with Gasteiger partial charge < -0.3 is 10.1 Å². The van der Waals surface area contributed by atoms with E-state index in [-0.39, 0.29) is 23.8 Å². The summed E-state index contributed by atoms with van der Waals surface area (Å²) in [7, 11) is 1.43. The normalized spacial score (nSPS) is 31.4. The molecule has 1 N–H and O–H groups in total. The Morgan fingerprint density at radius 2 is 1.92 bits per heavy atom. The van der Waals surface area contributed by atoms with Gasteiger partial charge in [0.1, 0.15) is 0 Å². The second-order valence-electron chi connectivity index (χ2n) is 7.91. The topological polar surface area (TPSA) is 73.2 Å². The Labute approximate surface area is 148 Å². The van der Waals surface area contributed by atoms with E-state index in [9.17, 15) is 9.59 Å². The van der Waals surface area contributed by atoms with Crippen LogP contribution in [0.4, 0.5) is 0 Å². The smallest absolute Gasteiger partial charge is 0.311 e. The van der Waals surface area contributed by atoms with Gasteiger partial charge in [-0.05, 0) is 50.9 Å². The number of methoxy groups -OCH3 is 1. The number of esters is 1. The molecule has 1 amide bonds. The van der Waals surface area contributed by atoms with Gasteiger partial charge in [0.2, 0.25) is 0 Å². The molecule has 0 radical (unpaired) electrons. The number of carbonyl (C=O) groups excluding carboxylic acids is 2. The number of rotatable bonds is 4. The van der Waals surface area contributed by atoms with Gasteiger partial charge in [0.05, 0.1) is 30.8 Å². The largest absolute Gasteiger partial charge is 0.469 e. The molecule has 6 heteroatoms. The summed E-state index contributed by atoms with van der Waals surface area (Å²) in [6.45, 7) is 1.97. The molecule has 0 spiro atoms. The minimum atomic E-state index is -0.196. The molecule has 1 aromatic rings. The summed E-state index contributed by atoms with van der Waals surface area (Å²) in [6, 6.07) is 0.319. The summed E-state index contributed by atoms with van der Waals surface area (Å²) in [4.78, 5) is 25.1. The summed E-state index contributed by atoms with van der Waals surface area (Å²) < 4.78 is 7.01. The maximum atomic E-state index is 12.9. The molecule has 2 bridgehead atoms. The van der Waals surface area contributed by atoms with Crippen LogP contribution in [0.25, 0.3) is 0 Å². The molecule has 6 nitrogen and oxygen atoms in total. The van der Waals surface area contributed by atoms with Crippen LogP contribution in [0.2, 0.25) is 0 Å². The lowest BCUT2D eigenvalue weighted by molar-refractivity contribution is -0.148. The molecule has 136 valence electrons. The lowest BCUT2D eigenvalue weighted by Gasteiger charge is -2.29. The molecule has 0 unspecified atom stereocenters. The van der Waals surface area contributed by atoms with Gasteiger partial charge in [0.15, 0.2) is 0 Å². The highest BCUT2D eigenvalue weighted by Crippen LogP contribution is 2.49. The number of hydrogen-bond donors (Lipinski definition) is 1. The van der Waals surface area contributed by atoms with E-state index >= 15 is 0 Å². The molecule has 3 aliphatic rings. The van der Waals surface area contributed by atoms with Crippen LogP contribution in [0.5, 0.6) is 0 Å². The van der Waals surface area contributed by atoms with Crippen LogP contribution in [-0.2, 0) is 9.53 Å². The number of carbonyl (C=O) groups is 2. The number of nitrogens with zero attached hydrogens (tertiary/aromatic N) is 2. The maximum Gasteiger partial charge on any atom is 0.311 e. The number of hydrogen-bond acceptors (Lipinski definition) is 4. The molecule has 3 fully saturated rings. The van der Waals surface area contributed by atoms with Gasteiger partial charge in [-0.2, -0.15) is 5.10 Å². The average Bonchev–Trinajstić information content (AvgIpc) is 3.37. The van der Waals surface area contributed by atoms with Crippen molar-refractivity contribution in [2.24, 2.45) is 17.8 Å². The molecule has 0 aliphatic heterocycles. The van der Waals surface area contributed by atoms with E-state index in [1.54, 1.807) is 6.20 Å². The Morgan fingerprint density at radius 3 is 2.64 bits per heavy atom. The predicted octanol–water partition coefficient (Wildman–Crippen LogP) is 2.62. The highest BCUT2D eigenvalue weighted by molar-refractivity contribution is 5.95. The molecule has 0 saturated heterocycles. The van der Waals surface area contributed by atoms with E-state index < -0.39 is 0 Å². The Balaban J connectivity index is 1.51. The quantitative estimate of drug-likeness (QED) is 0.852. The van der Waals surface area contributed by atoms with Gasteiger partial charge in [-0.25, -0.2) is 0 Å². The van der Waals surface area contributed by atoms with E-state index in [0.29, 0.717) is 23.4 Å². The van der Waals surface area contributed by atoms with Crippen LogP contribution in [0, 0.1) is 24.7 Å². The number of aromatic nitrogens is 2. The Kier molecular flexibility index (Phi) is 4.29. The van der Waals surface area contributed by atoms with Gasteiger partial charge in [0.25, 0.3) is 5.91 Å². The van der Waals surface area contributed by atoms with Gasteiger partial charge in [-0.15, -0.1) is 0 Å². The van der Waals surface area contributed by atoms with Crippen molar-refractivity contribution in [3.05, 3.63) is 17.5 Å². The molecule has 1 heterocycles. The molecular weight excluding hydrogens is 318 g/mol. The molecule has 3 aliphatic carbocycles. The van der Waals surface area contributed by atoms with Crippen LogP contribution in [0.3, 0.4) is 0 Å². The SMILES string of the molecule is COC(=O)[C@@H]1[C@H]2CC[C@@H](C2)[C@@H]1NC(=O)c1cnn(C2CCCC2)c1C. The summed E-state index contributed by atoms with van der Waals surface area (Å²) in [6.07, 6.45) is 9.60. The molecule has 4 atom stereocenters. The van der Waals surface area contributed by atoms with Crippen molar-refractivity contribution in [2.45, 2.75) is 64.0 Å². The summed E-state index contributed by atoms with van der Waals surface area (Å²) in [5, 5.41) is 7.62. The van der Waals surface area contributed by atoms with Crippen molar-refractivity contribution in [1.82, 2.24) is 15.1 Å². The third-order valence-electron chi connectivity index (χ3n) is 6.65. The van der Waals surface area contributed by atoms with Crippen molar-refractivity contribution in [1.29, 1.82) is 0 Å². The minimum Gasteiger partial charge on any atom is -0.469 e. The van der Waals surface area contributed by atoms with Gasteiger partial charge in [0, 0.05) is 11.7 Å². The van der Waals surface area contributed by atoms with Crippen LogP contribution in [0.1, 0.15) is 67.0 Å². The highest BCUT2D eigenvalue weighted by atomic mass is 16.5. The fourth-order valence-electron chi connectivity index (χ4n) is 5.37. The second kappa shape index (κ2) is 6.46. The van der Waals surface area contributed by atoms with Crippen molar-refractivity contribution in [3.8, 4) is 0 Å². The van der Waals surface area contributed by atoms with Gasteiger partial charge in [-0.3, -0.25) is 14.3 Å². The first-order valence-electron chi connectivity index (χ1n) is 9.53. The maximum absolute atomic E-state index is 12.9. The second-order valence-corrected chi connectivity index (χ2v) is 7.91. The molecule has 4 rings (SSSR count).